The summed E-state index contributed by atoms with van der Waals surface area (Å²) < 4.78 is 10.6. The number of ether oxygens (including phenoxy) is 2. The van der Waals surface area contributed by atoms with E-state index in [0.29, 0.717) is 12.8 Å². The lowest BCUT2D eigenvalue weighted by Crippen LogP contribution is -2.28. The fourth-order valence-corrected chi connectivity index (χ4v) is 4.68. The Morgan fingerprint density at radius 1 is 0.558 bits per heavy atom. The van der Waals surface area contributed by atoms with Crippen molar-refractivity contribution in [3.63, 3.8) is 0 Å². The van der Waals surface area contributed by atoms with E-state index in [1.54, 1.807) is 0 Å². The zero-order valence-electron chi connectivity index (χ0n) is 28.0. The normalized spacial score (nSPS) is 12.7. The zero-order chi connectivity index (χ0) is 31.5. The fourth-order valence-electron chi connectivity index (χ4n) is 4.68. The first kappa shape index (κ1) is 40.9. The van der Waals surface area contributed by atoms with E-state index in [1.165, 1.54) is 64.2 Å². The largest absolute Gasteiger partial charge is 0.462 e. The Labute approximate surface area is 265 Å². The van der Waals surface area contributed by atoms with Crippen molar-refractivity contribution < 1.29 is 24.2 Å². The molecule has 0 heterocycles. The summed E-state index contributed by atoms with van der Waals surface area (Å²) in [7, 11) is 0. The van der Waals surface area contributed by atoms with Gasteiger partial charge >= 0.3 is 11.9 Å². The van der Waals surface area contributed by atoms with Crippen LogP contribution in [-0.4, -0.2) is 36.4 Å². The molecule has 0 radical (unpaired) electrons. The minimum Gasteiger partial charge on any atom is -0.462 e. The summed E-state index contributed by atoms with van der Waals surface area (Å²) in [5, 5.41) is 9.51. The van der Waals surface area contributed by atoms with Crippen LogP contribution >= 0.6 is 0 Å². The van der Waals surface area contributed by atoms with E-state index in [1.807, 2.05) is 0 Å². The van der Waals surface area contributed by atoms with Crippen LogP contribution in [0, 0.1) is 0 Å². The molecule has 248 valence electrons. The number of allylic oxidation sites excluding steroid dienone is 8. The molecule has 0 aromatic carbocycles. The summed E-state index contributed by atoms with van der Waals surface area (Å²) in [6.45, 7) is 3.97. The van der Waals surface area contributed by atoms with Crippen LogP contribution in [-0.2, 0) is 19.1 Å². The van der Waals surface area contributed by atoms with Crippen LogP contribution < -0.4 is 0 Å². The average Bonchev–Trinajstić information content (AvgIpc) is 3.01. The predicted octanol–water partition coefficient (Wildman–Crippen LogP) is 10.7. The molecular weight excluding hydrogens is 536 g/mol. The van der Waals surface area contributed by atoms with Crippen molar-refractivity contribution in [3.8, 4) is 0 Å². The van der Waals surface area contributed by atoms with E-state index < -0.39 is 6.10 Å². The molecule has 0 spiro atoms. The molecule has 0 amide bonds. The Morgan fingerprint density at radius 3 is 1.53 bits per heavy atom. The Hall–Kier alpha value is -2.14. The van der Waals surface area contributed by atoms with Crippen molar-refractivity contribution >= 4 is 11.9 Å². The third-order valence-corrected chi connectivity index (χ3v) is 7.36. The number of carbonyl (C=O) groups is 2. The highest BCUT2D eigenvalue weighted by Crippen LogP contribution is 2.12. The first-order chi connectivity index (χ1) is 21.1. The zero-order valence-corrected chi connectivity index (χ0v) is 28.0. The predicted molar refractivity (Wildman–Crippen MR) is 182 cm³/mol. The summed E-state index contributed by atoms with van der Waals surface area (Å²) in [4.78, 5) is 24.1. The topological polar surface area (TPSA) is 72.8 Å². The number of unbranched alkanes of at least 4 members (excludes halogenated alkanes) is 15. The SMILES string of the molecule is CC/C=C\C/C=C\C/C=C\CCCCCCCCCC(=O)OC(CO)COC(=O)CCCCCCC/C=C\CCCCC. The second kappa shape index (κ2) is 34.4. The van der Waals surface area contributed by atoms with Gasteiger partial charge in [-0.3, -0.25) is 9.59 Å². The minimum atomic E-state index is -0.778. The molecule has 43 heavy (non-hydrogen) atoms. The molecule has 0 aliphatic rings. The molecule has 0 saturated heterocycles. The number of hydrogen-bond acceptors (Lipinski definition) is 5. The molecule has 0 saturated carbocycles. The molecule has 1 unspecified atom stereocenters. The molecule has 1 atom stereocenters. The van der Waals surface area contributed by atoms with E-state index in [9.17, 15) is 14.7 Å². The third-order valence-electron chi connectivity index (χ3n) is 7.36. The Balaban J connectivity index is 3.61. The van der Waals surface area contributed by atoms with E-state index >= 15 is 0 Å². The smallest absolute Gasteiger partial charge is 0.306 e. The van der Waals surface area contributed by atoms with Crippen LogP contribution in [0.4, 0.5) is 0 Å². The van der Waals surface area contributed by atoms with Crippen LogP contribution in [0.25, 0.3) is 0 Å². The number of aliphatic hydroxyl groups is 1. The van der Waals surface area contributed by atoms with E-state index in [-0.39, 0.29) is 25.2 Å². The van der Waals surface area contributed by atoms with Gasteiger partial charge in [-0.25, -0.2) is 0 Å². The highest BCUT2D eigenvalue weighted by atomic mass is 16.6. The summed E-state index contributed by atoms with van der Waals surface area (Å²) in [5.74, 6) is -0.617. The van der Waals surface area contributed by atoms with Gasteiger partial charge in [0.15, 0.2) is 6.10 Å². The lowest BCUT2D eigenvalue weighted by Gasteiger charge is -2.15. The average molecular weight is 603 g/mol. The molecule has 0 rings (SSSR count). The van der Waals surface area contributed by atoms with Crippen molar-refractivity contribution in [1.82, 2.24) is 0 Å². The Bertz CT molecular complexity index is 737. The monoisotopic (exact) mass is 602 g/mol. The van der Waals surface area contributed by atoms with Gasteiger partial charge in [0.25, 0.3) is 0 Å². The van der Waals surface area contributed by atoms with Crippen LogP contribution in [0.1, 0.15) is 162 Å². The first-order valence-electron chi connectivity index (χ1n) is 17.7. The van der Waals surface area contributed by atoms with Crippen LogP contribution in [0.2, 0.25) is 0 Å². The number of hydrogen-bond donors (Lipinski definition) is 1. The second-order valence-corrected chi connectivity index (χ2v) is 11.6. The summed E-state index contributed by atoms with van der Waals surface area (Å²) in [6.07, 6.45) is 41.6. The third kappa shape index (κ3) is 32.6. The second-order valence-electron chi connectivity index (χ2n) is 11.6. The maximum Gasteiger partial charge on any atom is 0.306 e. The van der Waals surface area contributed by atoms with Gasteiger partial charge in [0.1, 0.15) is 6.61 Å². The Kier molecular flexibility index (Phi) is 32.6. The maximum atomic E-state index is 12.1. The van der Waals surface area contributed by atoms with Gasteiger partial charge in [-0.15, -0.1) is 0 Å². The number of rotatable bonds is 31. The van der Waals surface area contributed by atoms with Gasteiger partial charge in [-0.05, 0) is 70.6 Å². The van der Waals surface area contributed by atoms with E-state index in [0.717, 1.165) is 70.6 Å². The van der Waals surface area contributed by atoms with Crippen molar-refractivity contribution in [2.45, 2.75) is 168 Å². The van der Waals surface area contributed by atoms with Crippen LogP contribution in [0.5, 0.6) is 0 Å². The maximum absolute atomic E-state index is 12.1. The fraction of sp³-hybridized carbons (Fsp3) is 0.737. The molecule has 5 nitrogen and oxygen atoms in total. The quantitative estimate of drug-likeness (QED) is 0.0485. The first-order valence-corrected chi connectivity index (χ1v) is 17.7. The standard InChI is InChI=1S/C38H66O5/c1-3-5-7-9-11-13-15-17-18-19-20-21-23-25-27-29-31-33-38(41)43-36(34-39)35-42-37(40)32-30-28-26-24-22-16-14-12-10-8-6-4-2/h5,7,11-14,17-18,36,39H,3-4,6,8-10,15-16,19-35H2,1-2H3/b7-5-,13-11-,14-12-,18-17-. The molecule has 0 fully saturated rings. The van der Waals surface area contributed by atoms with Gasteiger partial charge in [0.2, 0.25) is 0 Å². The van der Waals surface area contributed by atoms with Gasteiger partial charge in [0, 0.05) is 12.8 Å². The van der Waals surface area contributed by atoms with Gasteiger partial charge in [-0.1, -0.05) is 127 Å². The van der Waals surface area contributed by atoms with Crippen molar-refractivity contribution in [1.29, 1.82) is 0 Å². The summed E-state index contributed by atoms with van der Waals surface area (Å²) in [5.41, 5.74) is 0. The lowest BCUT2D eigenvalue weighted by molar-refractivity contribution is -0.161. The molecule has 0 aliphatic carbocycles. The molecule has 0 bridgehead atoms. The lowest BCUT2D eigenvalue weighted by atomic mass is 10.1. The molecule has 5 heteroatoms. The summed E-state index contributed by atoms with van der Waals surface area (Å²) in [6, 6.07) is 0. The van der Waals surface area contributed by atoms with Crippen LogP contribution in [0.3, 0.4) is 0 Å². The van der Waals surface area contributed by atoms with Gasteiger partial charge in [0.05, 0.1) is 6.61 Å². The number of aliphatic hydroxyl groups excluding tert-OH is 1. The van der Waals surface area contributed by atoms with Crippen molar-refractivity contribution in [2.24, 2.45) is 0 Å². The van der Waals surface area contributed by atoms with Crippen molar-refractivity contribution in [2.75, 3.05) is 13.2 Å². The highest BCUT2D eigenvalue weighted by Gasteiger charge is 2.16. The molecule has 0 aromatic heterocycles. The highest BCUT2D eigenvalue weighted by molar-refractivity contribution is 5.70. The van der Waals surface area contributed by atoms with E-state index in [2.05, 4.69) is 62.5 Å². The number of carbonyl (C=O) groups excluding carboxylic acids is 2. The molecule has 1 N–H and O–H groups in total. The van der Waals surface area contributed by atoms with Gasteiger partial charge < -0.3 is 14.6 Å². The van der Waals surface area contributed by atoms with Crippen molar-refractivity contribution in [3.05, 3.63) is 48.6 Å². The molecule has 0 aliphatic heterocycles. The molecule has 0 aromatic rings. The minimum absolute atomic E-state index is 0.0752. The van der Waals surface area contributed by atoms with Gasteiger partial charge in [-0.2, -0.15) is 0 Å². The summed E-state index contributed by atoms with van der Waals surface area (Å²) >= 11 is 0. The van der Waals surface area contributed by atoms with Crippen LogP contribution in [0.15, 0.2) is 48.6 Å². The molecular formula is C38H66O5. The number of esters is 2. The Morgan fingerprint density at radius 2 is 1.00 bits per heavy atom. The van der Waals surface area contributed by atoms with E-state index in [4.69, 9.17) is 9.47 Å².